The molecule has 0 aromatic rings. The van der Waals surface area contributed by atoms with E-state index < -0.39 is 5.97 Å². The van der Waals surface area contributed by atoms with Crippen molar-refractivity contribution in [2.75, 3.05) is 19.7 Å². The normalized spacial score (nSPS) is 30.9. The van der Waals surface area contributed by atoms with Crippen molar-refractivity contribution in [3.63, 3.8) is 0 Å². The first kappa shape index (κ1) is 14.3. The number of hydrogen-bond acceptors (Lipinski definition) is 3. The standard InChI is InChI=1S/C14H23NO4/c1-14(2)9-15(7-8-19-14)12(16)10-3-5-11(6-4-10)13(17)18/h10-11H,3-9H2,1-2H3,(H,17,18). The van der Waals surface area contributed by atoms with E-state index in [1.807, 2.05) is 18.7 Å². The molecule has 2 aliphatic rings. The van der Waals surface area contributed by atoms with Crippen molar-refractivity contribution < 1.29 is 19.4 Å². The van der Waals surface area contributed by atoms with Gasteiger partial charge in [-0.1, -0.05) is 0 Å². The van der Waals surface area contributed by atoms with E-state index in [2.05, 4.69) is 0 Å². The van der Waals surface area contributed by atoms with Crippen LogP contribution in [0, 0.1) is 11.8 Å². The molecule has 1 saturated carbocycles. The Balaban J connectivity index is 1.89. The smallest absolute Gasteiger partial charge is 0.306 e. The third-order valence-corrected chi connectivity index (χ3v) is 4.16. The van der Waals surface area contributed by atoms with Crippen molar-refractivity contribution in [3.8, 4) is 0 Å². The molecule has 108 valence electrons. The number of hydrogen-bond donors (Lipinski definition) is 1. The lowest BCUT2D eigenvalue weighted by molar-refractivity contribution is -0.153. The highest BCUT2D eigenvalue weighted by molar-refractivity contribution is 5.79. The average Bonchev–Trinajstić information content (AvgIpc) is 2.37. The summed E-state index contributed by atoms with van der Waals surface area (Å²) in [6.45, 7) is 5.86. The van der Waals surface area contributed by atoms with E-state index in [0.29, 0.717) is 45.4 Å². The lowest BCUT2D eigenvalue weighted by Gasteiger charge is -2.40. The lowest BCUT2D eigenvalue weighted by Crippen LogP contribution is -2.52. The van der Waals surface area contributed by atoms with E-state index in [9.17, 15) is 9.59 Å². The van der Waals surface area contributed by atoms with E-state index in [0.717, 1.165) is 0 Å². The summed E-state index contributed by atoms with van der Waals surface area (Å²) in [5.41, 5.74) is -0.272. The molecule has 0 bridgehead atoms. The maximum absolute atomic E-state index is 12.4. The Bertz CT molecular complexity index is 358. The lowest BCUT2D eigenvalue weighted by atomic mass is 9.81. The Morgan fingerprint density at radius 2 is 1.74 bits per heavy atom. The summed E-state index contributed by atoms with van der Waals surface area (Å²) in [5.74, 6) is -0.798. The first-order valence-electron chi connectivity index (χ1n) is 7.04. The highest BCUT2D eigenvalue weighted by Crippen LogP contribution is 2.31. The molecule has 5 heteroatoms. The second kappa shape index (κ2) is 5.49. The number of amides is 1. The number of ether oxygens (including phenoxy) is 1. The van der Waals surface area contributed by atoms with E-state index >= 15 is 0 Å². The minimum atomic E-state index is -0.724. The molecule has 0 radical (unpaired) electrons. The highest BCUT2D eigenvalue weighted by Gasteiger charge is 2.35. The quantitative estimate of drug-likeness (QED) is 0.825. The van der Waals surface area contributed by atoms with E-state index in [1.54, 1.807) is 0 Å². The van der Waals surface area contributed by atoms with Gasteiger partial charge < -0.3 is 14.7 Å². The monoisotopic (exact) mass is 269 g/mol. The maximum Gasteiger partial charge on any atom is 0.306 e. The van der Waals surface area contributed by atoms with Crippen molar-refractivity contribution in [3.05, 3.63) is 0 Å². The third-order valence-electron chi connectivity index (χ3n) is 4.16. The Morgan fingerprint density at radius 1 is 1.16 bits per heavy atom. The zero-order chi connectivity index (χ0) is 14.0. The van der Waals surface area contributed by atoms with Crippen molar-refractivity contribution in [1.82, 2.24) is 4.90 Å². The van der Waals surface area contributed by atoms with Gasteiger partial charge in [-0.05, 0) is 39.5 Å². The predicted octanol–water partition coefficient (Wildman–Crippen LogP) is 1.51. The Labute approximate surface area is 113 Å². The van der Waals surface area contributed by atoms with Gasteiger partial charge in [-0.3, -0.25) is 9.59 Å². The van der Waals surface area contributed by atoms with Gasteiger partial charge in [-0.15, -0.1) is 0 Å². The fourth-order valence-electron chi connectivity index (χ4n) is 3.05. The second-order valence-corrected chi connectivity index (χ2v) is 6.25. The van der Waals surface area contributed by atoms with Crippen LogP contribution in [0.3, 0.4) is 0 Å². The van der Waals surface area contributed by atoms with Gasteiger partial charge in [0.25, 0.3) is 0 Å². The Kier molecular flexibility index (Phi) is 4.13. The van der Waals surface area contributed by atoms with Crippen LogP contribution in [0.25, 0.3) is 0 Å². The van der Waals surface area contributed by atoms with Crippen LogP contribution in [0.4, 0.5) is 0 Å². The maximum atomic E-state index is 12.4. The average molecular weight is 269 g/mol. The number of carbonyl (C=O) groups is 2. The fourth-order valence-corrected chi connectivity index (χ4v) is 3.05. The van der Waals surface area contributed by atoms with E-state index in [1.165, 1.54) is 0 Å². The zero-order valence-corrected chi connectivity index (χ0v) is 11.7. The van der Waals surface area contributed by atoms with Gasteiger partial charge in [0.2, 0.25) is 5.91 Å². The predicted molar refractivity (Wildman–Crippen MR) is 69.7 cm³/mol. The highest BCUT2D eigenvalue weighted by atomic mass is 16.5. The van der Waals surface area contributed by atoms with Crippen LogP contribution in [-0.2, 0) is 14.3 Å². The van der Waals surface area contributed by atoms with Crippen molar-refractivity contribution in [2.24, 2.45) is 11.8 Å². The number of morpholine rings is 1. The number of carboxylic acids is 1. The summed E-state index contributed by atoms with van der Waals surface area (Å²) < 4.78 is 5.61. The minimum Gasteiger partial charge on any atom is -0.481 e. The minimum absolute atomic E-state index is 0.00417. The molecule has 0 atom stereocenters. The summed E-state index contributed by atoms with van der Waals surface area (Å²) in [6, 6.07) is 0. The molecule has 1 heterocycles. The number of carbonyl (C=O) groups excluding carboxylic acids is 1. The Hall–Kier alpha value is -1.10. The van der Waals surface area contributed by atoms with Crippen molar-refractivity contribution >= 4 is 11.9 Å². The molecule has 1 N–H and O–H groups in total. The number of nitrogens with zero attached hydrogens (tertiary/aromatic N) is 1. The van der Waals surface area contributed by atoms with Crippen molar-refractivity contribution in [2.45, 2.75) is 45.1 Å². The molecule has 5 nitrogen and oxygen atoms in total. The molecule has 1 aliphatic heterocycles. The van der Waals surface area contributed by atoms with Crippen LogP contribution in [-0.4, -0.2) is 47.2 Å². The fraction of sp³-hybridized carbons (Fsp3) is 0.857. The van der Waals surface area contributed by atoms with Crippen LogP contribution < -0.4 is 0 Å². The molecule has 0 unspecified atom stereocenters. The first-order chi connectivity index (χ1) is 8.89. The van der Waals surface area contributed by atoms with Crippen LogP contribution >= 0.6 is 0 Å². The van der Waals surface area contributed by atoms with E-state index in [-0.39, 0.29) is 23.3 Å². The number of rotatable bonds is 2. The summed E-state index contributed by atoms with van der Waals surface area (Å²) in [5, 5.41) is 8.97. The van der Waals surface area contributed by atoms with Crippen molar-refractivity contribution in [1.29, 1.82) is 0 Å². The van der Waals surface area contributed by atoms with Crippen LogP contribution in [0.5, 0.6) is 0 Å². The van der Waals surface area contributed by atoms with Gasteiger partial charge in [-0.2, -0.15) is 0 Å². The molecule has 0 spiro atoms. The molecular weight excluding hydrogens is 246 g/mol. The van der Waals surface area contributed by atoms with Gasteiger partial charge >= 0.3 is 5.97 Å². The number of carboxylic acid groups (broad SMARTS) is 1. The van der Waals surface area contributed by atoms with Crippen LogP contribution in [0.1, 0.15) is 39.5 Å². The summed E-state index contributed by atoms with van der Waals surface area (Å²) in [7, 11) is 0. The van der Waals surface area contributed by atoms with Gasteiger partial charge in [0.15, 0.2) is 0 Å². The van der Waals surface area contributed by atoms with Crippen LogP contribution in [0.2, 0.25) is 0 Å². The van der Waals surface area contributed by atoms with E-state index in [4.69, 9.17) is 9.84 Å². The zero-order valence-electron chi connectivity index (χ0n) is 11.7. The SMILES string of the molecule is CC1(C)CN(C(=O)C2CCC(C(=O)O)CC2)CCO1. The summed E-state index contributed by atoms with van der Waals surface area (Å²) in [6.07, 6.45) is 2.65. The van der Waals surface area contributed by atoms with Crippen LogP contribution in [0.15, 0.2) is 0 Å². The first-order valence-corrected chi connectivity index (χ1v) is 7.04. The van der Waals surface area contributed by atoms with Gasteiger partial charge in [0.05, 0.1) is 18.1 Å². The number of aliphatic carboxylic acids is 1. The molecular formula is C14H23NO4. The molecule has 2 fully saturated rings. The molecule has 2 rings (SSSR count). The summed E-state index contributed by atoms with van der Waals surface area (Å²) in [4.78, 5) is 25.2. The molecule has 19 heavy (non-hydrogen) atoms. The van der Waals surface area contributed by atoms with Gasteiger partial charge in [0.1, 0.15) is 0 Å². The Morgan fingerprint density at radius 3 is 2.26 bits per heavy atom. The molecule has 1 amide bonds. The third kappa shape index (κ3) is 3.47. The molecule has 1 aliphatic carbocycles. The molecule has 1 saturated heterocycles. The van der Waals surface area contributed by atoms with Gasteiger partial charge in [-0.25, -0.2) is 0 Å². The summed E-state index contributed by atoms with van der Waals surface area (Å²) >= 11 is 0. The van der Waals surface area contributed by atoms with Gasteiger partial charge in [0, 0.05) is 19.0 Å². The molecule has 0 aromatic carbocycles. The largest absolute Gasteiger partial charge is 0.481 e. The second-order valence-electron chi connectivity index (χ2n) is 6.25. The molecule has 0 aromatic heterocycles. The topological polar surface area (TPSA) is 66.8 Å².